The largest absolute Gasteiger partial charge is 0.435 e. The Labute approximate surface area is 220 Å². The summed E-state index contributed by atoms with van der Waals surface area (Å²) in [6, 6.07) is 12.1. The molecule has 1 fully saturated rings. The molecule has 0 radical (unpaired) electrons. The molecule has 0 amide bonds. The van der Waals surface area contributed by atoms with Crippen molar-refractivity contribution >= 4 is 5.78 Å². The number of nitrogens with zero attached hydrogens (tertiary/aromatic N) is 1. The van der Waals surface area contributed by atoms with Crippen LogP contribution in [0.4, 0.5) is 35.1 Å². The quantitative estimate of drug-likeness (QED) is 0.179. The topological polar surface area (TPSA) is 30.0 Å². The SMILES string of the molecule is C[C@]1(c2ccc(F)cc2)CC(C(=O)c2ccncc2)CCC[C@H]1c1ccc(C(F)(C(F)(F)F)C(F)(F)F)cc1. The third-order valence-corrected chi connectivity index (χ3v) is 7.82. The summed E-state index contributed by atoms with van der Waals surface area (Å²) in [6.45, 7) is 1.85. The number of pyridine rings is 1. The lowest BCUT2D eigenvalue weighted by Gasteiger charge is -2.39. The first-order valence-corrected chi connectivity index (χ1v) is 12.3. The Morgan fingerprint density at radius 1 is 0.821 bits per heavy atom. The van der Waals surface area contributed by atoms with Gasteiger partial charge in [0.2, 0.25) is 0 Å². The van der Waals surface area contributed by atoms with Crippen LogP contribution in [0.2, 0.25) is 0 Å². The first-order valence-electron chi connectivity index (χ1n) is 12.3. The number of Topliss-reactive ketones (excluding diaryl/α,β-unsaturated/α-hetero) is 1. The molecule has 0 N–H and O–H groups in total. The van der Waals surface area contributed by atoms with Crippen molar-refractivity contribution < 1.29 is 39.9 Å². The Balaban J connectivity index is 1.76. The first kappa shape index (κ1) is 28.7. The van der Waals surface area contributed by atoms with E-state index in [9.17, 15) is 39.9 Å². The van der Waals surface area contributed by atoms with E-state index in [4.69, 9.17) is 0 Å². The zero-order valence-corrected chi connectivity index (χ0v) is 20.8. The number of carbonyl (C=O) groups excluding carboxylic acids is 1. The van der Waals surface area contributed by atoms with Gasteiger partial charge in [0, 0.05) is 34.9 Å². The molecule has 4 rings (SSSR count). The van der Waals surface area contributed by atoms with Crippen molar-refractivity contribution in [1.82, 2.24) is 4.98 Å². The van der Waals surface area contributed by atoms with E-state index in [1.165, 1.54) is 24.5 Å². The minimum atomic E-state index is -6.21. The molecular formula is C29H25F8NO. The normalized spacial score (nSPS) is 22.8. The molecule has 0 saturated heterocycles. The molecule has 208 valence electrons. The summed E-state index contributed by atoms with van der Waals surface area (Å²) in [5.41, 5.74) is -6.40. The van der Waals surface area contributed by atoms with E-state index in [1.807, 2.05) is 6.92 Å². The Bertz CT molecular complexity index is 1270. The highest BCUT2D eigenvalue weighted by atomic mass is 19.4. The number of benzene rings is 2. The van der Waals surface area contributed by atoms with Crippen LogP contribution in [-0.2, 0) is 11.1 Å². The van der Waals surface area contributed by atoms with Gasteiger partial charge in [-0.3, -0.25) is 9.78 Å². The number of alkyl halides is 7. The number of rotatable bonds is 5. The van der Waals surface area contributed by atoms with Gasteiger partial charge in [0.1, 0.15) is 5.82 Å². The smallest absolute Gasteiger partial charge is 0.294 e. The van der Waals surface area contributed by atoms with Crippen LogP contribution in [-0.4, -0.2) is 23.1 Å². The first-order chi connectivity index (χ1) is 18.2. The van der Waals surface area contributed by atoms with E-state index >= 15 is 0 Å². The number of carbonyl (C=O) groups is 1. The van der Waals surface area contributed by atoms with Gasteiger partial charge in [-0.1, -0.05) is 49.7 Å². The van der Waals surface area contributed by atoms with Gasteiger partial charge in [0.05, 0.1) is 0 Å². The Morgan fingerprint density at radius 2 is 1.38 bits per heavy atom. The summed E-state index contributed by atoms with van der Waals surface area (Å²) in [6.07, 6.45) is -7.63. The maximum Gasteiger partial charge on any atom is 0.435 e. The van der Waals surface area contributed by atoms with E-state index < -0.39 is 46.7 Å². The van der Waals surface area contributed by atoms with E-state index in [0.717, 1.165) is 12.1 Å². The van der Waals surface area contributed by atoms with Crippen molar-refractivity contribution in [3.8, 4) is 0 Å². The molecule has 1 aromatic heterocycles. The second kappa shape index (κ2) is 10.4. The predicted octanol–water partition coefficient (Wildman–Crippen LogP) is 8.62. The summed E-state index contributed by atoms with van der Waals surface area (Å²) in [5.74, 6) is -1.50. The number of halogens is 8. The zero-order chi connectivity index (χ0) is 28.6. The van der Waals surface area contributed by atoms with Crippen molar-refractivity contribution in [2.45, 2.75) is 62.0 Å². The van der Waals surface area contributed by atoms with Gasteiger partial charge in [-0.15, -0.1) is 0 Å². The van der Waals surface area contributed by atoms with E-state index in [0.29, 0.717) is 54.5 Å². The minimum Gasteiger partial charge on any atom is -0.294 e. The van der Waals surface area contributed by atoms with Crippen molar-refractivity contribution in [2.75, 3.05) is 0 Å². The van der Waals surface area contributed by atoms with Gasteiger partial charge >= 0.3 is 18.0 Å². The number of hydrogen-bond donors (Lipinski definition) is 0. The molecule has 39 heavy (non-hydrogen) atoms. The highest BCUT2D eigenvalue weighted by Gasteiger charge is 2.73. The average molecular weight is 556 g/mol. The predicted molar refractivity (Wildman–Crippen MR) is 128 cm³/mol. The molecule has 2 aromatic carbocycles. The lowest BCUT2D eigenvalue weighted by molar-refractivity contribution is -0.348. The standard InChI is InChI=1S/C29H25F8NO/c1-26(21-9-11-23(30)12-10-21)17-20(25(39)19-13-15-38-16-14-19)3-2-4-24(26)18-5-7-22(8-6-18)27(31,28(32,33)34)29(35,36)37/h5-16,20,24H,2-4,17H2,1H3/t20?,24-,26+/m0/s1. The number of ketones is 1. The van der Waals surface area contributed by atoms with Gasteiger partial charge in [-0.2, -0.15) is 26.3 Å². The number of aromatic nitrogens is 1. The minimum absolute atomic E-state index is 0.112. The van der Waals surface area contributed by atoms with Gasteiger partial charge in [0.25, 0.3) is 0 Å². The lowest BCUT2D eigenvalue weighted by atomic mass is 9.64. The highest BCUT2D eigenvalue weighted by Crippen LogP contribution is 2.54. The summed E-state index contributed by atoms with van der Waals surface area (Å²) in [4.78, 5) is 17.3. The third kappa shape index (κ3) is 5.30. The van der Waals surface area contributed by atoms with Crippen LogP contribution >= 0.6 is 0 Å². The molecule has 1 unspecified atom stereocenters. The van der Waals surface area contributed by atoms with Crippen LogP contribution in [0.5, 0.6) is 0 Å². The molecule has 0 aliphatic heterocycles. The van der Waals surface area contributed by atoms with Crippen molar-refractivity contribution in [2.24, 2.45) is 5.92 Å². The fourth-order valence-corrected chi connectivity index (χ4v) is 5.74. The molecule has 10 heteroatoms. The van der Waals surface area contributed by atoms with Crippen molar-refractivity contribution in [1.29, 1.82) is 0 Å². The molecule has 3 atom stereocenters. The van der Waals surface area contributed by atoms with Crippen LogP contribution in [0.3, 0.4) is 0 Å². The average Bonchev–Trinajstić information content (AvgIpc) is 3.07. The Morgan fingerprint density at radius 3 is 1.92 bits per heavy atom. The van der Waals surface area contributed by atoms with E-state index in [1.54, 1.807) is 24.3 Å². The van der Waals surface area contributed by atoms with Crippen molar-refractivity contribution in [3.63, 3.8) is 0 Å². The zero-order valence-electron chi connectivity index (χ0n) is 20.8. The molecule has 1 heterocycles. The maximum atomic E-state index is 14.6. The maximum absolute atomic E-state index is 14.6. The molecule has 0 spiro atoms. The molecule has 1 aliphatic rings. The van der Waals surface area contributed by atoms with Crippen LogP contribution in [0.15, 0.2) is 73.1 Å². The van der Waals surface area contributed by atoms with Gasteiger partial charge in [0.15, 0.2) is 5.78 Å². The van der Waals surface area contributed by atoms with Gasteiger partial charge in [-0.05, 0) is 60.6 Å². The molecule has 1 aliphatic carbocycles. The van der Waals surface area contributed by atoms with Gasteiger partial charge < -0.3 is 0 Å². The van der Waals surface area contributed by atoms with Crippen LogP contribution in [0.1, 0.15) is 65.6 Å². The van der Waals surface area contributed by atoms with Crippen LogP contribution in [0, 0.1) is 11.7 Å². The van der Waals surface area contributed by atoms with E-state index in [2.05, 4.69) is 4.98 Å². The summed E-state index contributed by atoms with van der Waals surface area (Å²) in [7, 11) is 0. The van der Waals surface area contributed by atoms with Gasteiger partial charge in [-0.25, -0.2) is 8.78 Å². The summed E-state index contributed by atoms with van der Waals surface area (Å²) >= 11 is 0. The Kier molecular flexibility index (Phi) is 7.62. The molecule has 3 aromatic rings. The summed E-state index contributed by atoms with van der Waals surface area (Å²) in [5, 5.41) is 0. The third-order valence-electron chi connectivity index (χ3n) is 7.82. The van der Waals surface area contributed by atoms with Crippen molar-refractivity contribution in [3.05, 3.63) is 101 Å². The van der Waals surface area contributed by atoms with Crippen LogP contribution in [0.25, 0.3) is 0 Å². The molecule has 1 saturated carbocycles. The number of hydrogen-bond acceptors (Lipinski definition) is 2. The van der Waals surface area contributed by atoms with Crippen LogP contribution < -0.4 is 0 Å². The molecule has 2 nitrogen and oxygen atoms in total. The van der Waals surface area contributed by atoms with E-state index in [-0.39, 0.29) is 5.78 Å². The monoisotopic (exact) mass is 555 g/mol. The lowest BCUT2D eigenvalue weighted by Crippen LogP contribution is -2.50. The summed E-state index contributed by atoms with van der Waals surface area (Å²) < 4.78 is 108. The fraction of sp³-hybridized carbons (Fsp3) is 0.379. The fourth-order valence-electron chi connectivity index (χ4n) is 5.74. The Hall–Kier alpha value is -3.30. The second-order valence-corrected chi connectivity index (χ2v) is 10.2. The highest BCUT2D eigenvalue weighted by molar-refractivity contribution is 5.97. The molecule has 0 bridgehead atoms. The second-order valence-electron chi connectivity index (χ2n) is 10.2. The molecular weight excluding hydrogens is 530 g/mol.